The Kier molecular flexibility index (Phi) is 11.5. The van der Waals surface area contributed by atoms with E-state index in [0.29, 0.717) is 61.8 Å². The van der Waals surface area contributed by atoms with E-state index in [1.165, 1.54) is 12.1 Å². The molecule has 14 nitrogen and oxygen atoms in total. The van der Waals surface area contributed by atoms with Gasteiger partial charge in [0.05, 0.1) is 44.1 Å². The van der Waals surface area contributed by atoms with Crippen LogP contribution in [0.2, 0.25) is 0 Å². The van der Waals surface area contributed by atoms with Crippen molar-refractivity contribution >= 4 is 29.5 Å². The number of hydrogen-bond donors (Lipinski definition) is 1. The van der Waals surface area contributed by atoms with Crippen molar-refractivity contribution in [2.24, 2.45) is 7.05 Å². The molecule has 1 saturated heterocycles. The summed E-state index contributed by atoms with van der Waals surface area (Å²) in [5.74, 6) is -0.345. The lowest BCUT2D eigenvalue weighted by Gasteiger charge is -2.30. The summed E-state index contributed by atoms with van der Waals surface area (Å²) in [7, 11) is 8.97. The van der Waals surface area contributed by atoms with E-state index in [0.717, 1.165) is 46.4 Å². The summed E-state index contributed by atoms with van der Waals surface area (Å²) in [6, 6.07) is 7.61. The number of methoxy groups -OCH3 is 2. The molecule has 5 amide bonds. The number of piperidine rings is 1. The van der Waals surface area contributed by atoms with E-state index in [1.54, 1.807) is 36.8 Å². The van der Waals surface area contributed by atoms with Gasteiger partial charge in [-0.05, 0) is 81.2 Å². The number of unbranched alkanes of at least 4 members (excludes halogenated alkanes) is 3. The maximum atomic E-state index is 13.3. The van der Waals surface area contributed by atoms with Crippen molar-refractivity contribution in [1.82, 2.24) is 24.6 Å². The first-order valence-electron chi connectivity index (χ1n) is 18.3. The number of ether oxygens (including phenoxy) is 3. The molecule has 0 aliphatic carbocycles. The summed E-state index contributed by atoms with van der Waals surface area (Å²) in [6.07, 6.45) is 6.01. The minimum Gasteiger partial charge on any atom is -0.496 e. The molecule has 6 rings (SSSR count). The molecule has 3 aliphatic rings. The molecule has 0 radical (unpaired) electrons. The van der Waals surface area contributed by atoms with Crippen molar-refractivity contribution in [2.75, 3.05) is 41.5 Å². The number of imide groups is 2. The van der Waals surface area contributed by atoms with E-state index in [2.05, 4.69) is 5.32 Å². The highest BCUT2D eigenvalue weighted by molar-refractivity contribution is 6.23. The predicted octanol–water partition coefficient (Wildman–Crippen LogP) is 3.45. The monoisotopic (exact) mass is 741 g/mol. The van der Waals surface area contributed by atoms with Gasteiger partial charge in [0.15, 0.2) is 0 Å². The number of nitrogens with one attached hydrogen (secondary N) is 1. The smallest absolute Gasteiger partial charge is 0.262 e. The zero-order valence-electron chi connectivity index (χ0n) is 31.5. The van der Waals surface area contributed by atoms with Gasteiger partial charge in [0.2, 0.25) is 17.7 Å². The first-order valence-corrected chi connectivity index (χ1v) is 18.3. The largest absolute Gasteiger partial charge is 0.496 e. The average Bonchev–Trinajstić information content (AvgIpc) is 3.40. The minimum absolute atomic E-state index is 0.0180. The zero-order chi connectivity index (χ0) is 38.7. The van der Waals surface area contributed by atoms with Crippen LogP contribution in [0.25, 0.3) is 11.1 Å². The molecule has 3 aromatic rings. The van der Waals surface area contributed by atoms with E-state index >= 15 is 0 Å². The number of amides is 5. The third-order valence-electron chi connectivity index (χ3n) is 10.3. The van der Waals surface area contributed by atoms with Gasteiger partial charge in [0.1, 0.15) is 23.3 Å². The highest BCUT2D eigenvalue weighted by Crippen LogP contribution is 2.38. The van der Waals surface area contributed by atoms with Crippen molar-refractivity contribution in [3.63, 3.8) is 0 Å². The second-order valence-electron chi connectivity index (χ2n) is 14.2. The van der Waals surface area contributed by atoms with Crippen LogP contribution in [0.3, 0.4) is 0 Å². The maximum Gasteiger partial charge on any atom is 0.262 e. The first kappa shape index (κ1) is 38.2. The lowest BCUT2D eigenvalue weighted by Crippen LogP contribution is -2.54. The van der Waals surface area contributed by atoms with Gasteiger partial charge in [0, 0.05) is 50.3 Å². The SMILES string of the molecule is COc1cc(-c2cn(C)c(=O)c3c2CCN(C(=O)CCCCCCOc2ccc4c(c2)C(=O)N(C2CCC(=O)NC2=O)C4=O)C3)cc(OC)c1CN(C)C. The van der Waals surface area contributed by atoms with Crippen LogP contribution in [0.4, 0.5) is 0 Å². The number of benzene rings is 2. The fraction of sp³-hybridized carbons (Fsp3) is 0.450. The summed E-state index contributed by atoms with van der Waals surface area (Å²) < 4.78 is 19.0. The normalized spacial score (nSPS) is 16.7. The molecule has 14 heteroatoms. The van der Waals surface area contributed by atoms with Crippen molar-refractivity contribution in [3.8, 4) is 28.4 Å². The second kappa shape index (κ2) is 16.3. The van der Waals surface area contributed by atoms with E-state index < -0.39 is 29.7 Å². The fourth-order valence-corrected chi connectivity index (χ4v) is 7.49. The number of carbonyl (C=O) groups excluding carboxylic acids is 5. The molecule has 0 spiro atoms. The Hall–Kier alpha value is -5.50. The molecule has 3 aliphatic heterocycles. The molecule has 1 atom stereocenters. The Morgan fingerprint density at radius 1 is 0.870 bits per heavy atom. The van der Waals surface area contributed by atoms with Crippen LogP contribution in [0.5, 0.6) is 17.2 Å². The third kappa shape index (κ3) is 7.74. The molecule has 1 N–H and O–H groups in total. The number of pyridine rings is 1. The summed E-state index contributed by atoms with van der Waals surface area (Å²) in [4.78, 5) is 81.2. The first-order chi connectivity index (χ1) is 25.9. The number of aromatic nitrogens is 1. The number of fused-ring (bicyclic) bond motifs is 2. The van der Waals surface area contributed by atoms with Gasteiger partial charge < -0.3 is 28.6 Å². The van der Waals surface area contributed by atoms with Gasteiger partial charge >= 0.3 is 0 Å². The molecule has 4 heterocycles. The van der Waals surface area contributed by atoms with Crippen molar-refractivity contribution in [1.29, 1.82) is 0 Å². The van der Waals surface area contributed by atoms with E-state index in [9.17, 15) is 28.8 Å². The number of hydrogen-bond acceptors (Lipinski definition) is 10. The van der Waals surface area contributed by atoms with E-state index in [1.807, 2.05) is 37.3 Å². The van der Waals surface area contributed by atoms with Gasteiger partial charge in [0.25, 0.3) is 17.4 Å². The van der Waals surface area contributed by atoms with Gasteiger partial charge in [-0.1, -0.05) is 12.8 Å². The van der Waals surface area contributed by atoms with Crippen molar-refractivity contribution in [2.45, 2.75) is 70.5 Å². The van der Waals surface area contributed by atoms with Crippen LogP contribution in [0.1, 0.15) is 82.4 Å². The predicted molar refractivity (Wildman–Crippen MR) is 198 cm³/mol. The van der Waals surface area contributed by atoms with Crippen LogP contribution in [0.15, 0.2) is 41.3 Å². The Bertz CT molecular complexity index is 2030. The second-order valence-corrected chi connectivity index (χ2v) is 14.2. The standard InChI is InChI=1S/C40H47N5O9/c1-42(2)21-31-33(52-4)18-24(19-34(31)53-5)29-22-43(3)38(49)30-23-44(16-15-26(29)30)36(47)10-8-6-7-9-17-54-25-11-12-27-28(20-25)40(51)45(39(27)50)32-13-14-35(46)41-37(32)48/h11-12,18-20,22,32H,6-10,13-17,21,23H2,1-5H3,(H,41,46,48). The average molecular weight is 742 g/mol. The number of rotatable bonds is 14. The zero-order valence-corrected chi connectivity index (χ0v) is 31.5. The minimum atomic E-state index is -1.02. The van der Waals surface area contributed by atoms with E-state index in [-0.39, 0.29) is 42.0 Å². The summed E-state index contributed by atoms with van der Waals surface area (Å²) >= 11 is 0. The van der Waals surface area contributed by atoms with Gasteiger partial charge in [-0.3, -0.25) is 39.0 Å². The van der Waals surface area contributed by atoms with Crippen LogP contribution in [-0.2, 0) is 40.9 Å². The van der Waals surface area contributed by atoms with Gasteiger partial charge in [-0.15, -0.1) is 0 Å². The van der Waals surface area contributed by atoms with E-state index in [4.69, 9.17) is 14.2 Å². The van der Waals surface area contributed by atoms with Gasteiger partial charge in [-0.2, -0.15) is 0 Å². The van der Waals surface area contributed by atoms with Crippen LogP contribution >= 0.6 is 0 Å². The van der Waals surface area contributed by atoms with Crippen molar-refractivity contribution < 1.29 is 38.2 Å². The summed E-state index contributed by atoms with van der Waals surface area (Å²) in [5.41, 5.74) is 4.58. The highest BCUT2D eigenvalue weighted by Gasteiger charge is 2.44. The topological polar surface area (TPSA) is 157 Å². The molecule has 1 aromatic heterocycles. The highest BCUT2D eigenvalue weighted by atomic mass is 16.5. The molecule has 0 saturated carbocycles. The summed E-state index contributed by atoms with van der Waals surface area (Å²) in [5, 5.41) is 2.19. The van der Waals surface area contributed by atoms with Crippen LogP contribution < -0.4 is 25.1 Å². The fourth-order valence-electron chi connectivity index (χ4n) is 7.49. The quantitative estimate of drug-likeness (QED) is 0.192. The molecule has 286 valence electrons. The molecular weight excluding hydrogens is 694 g/mol. The number of carbonyl (C=O) groups is 5. The van der Waals surface area contributed by atoms with Crippen molar-refractivity contribution in [3.05, 3.63) is 74.7 Å². The molecule has 1 fully saturated rings. The molecule has 54 heavy (non-hydrogen) atoms. The lowest BCUT2D eigenvalue weighted by atomic mass is 9.91. The molecule has 2 aromatic carbocycles. The Balaban J connectivity index is 0.994. The van der Waals surface area contributed by atoms with Crippen LogP contribution in [0, 0.1) is 0 Å². The van der Waals surface area contributed by atoms with Gasteiger partial charge in [-0.25, -0.2) is 0 Å². The third-order valence-corrected chi connectivity index (χ3v) is 10.3. The summed E-state index contributed by atoms with van der Waals surface area (Å²) in [6.45, 7) is 1.81. The maximum absolute atomic E-state index is 13.3. The molecule has 0 bridgehead atoms. The van der Waals surface area contributed by atoms with Crippen LogP contribution in [-0.4, -0.2) is 96.3 Å². The Morgan fingerprint density at radius 2 is 1.57 bits per heavy atom. The molecular formula is C40H47N5O9. The number of aryl methyl sites for hydroxylation is 1. The lowest BCUT2D eigenvalue weighted by molar-refractivity contribution is -0.136. The number of nitrogens with zero attached hydrogens (tertiary/aromatic N) is 4. The Labute approximate surface area is 313 Å². The molecule has 1 unspecified atom stereocenters. The Morgan fingerprint density at radius 3 is 2.26 bits per heavy atom.